The molecule has 2 amide bonds. The highest BCUT2D eigenvalue weighted by Gasteiger charge is 2.49. The first-order chi connectivity index (χ1) is 22.2. The van der Waals surface area contributed by atoms with Gasteiger partial charge in [0.05, 0.1) is 7.18 Å². The van der Waals surface area contributed by atoms with E-state index >= 15 is 0 Å². The van der Waals surface area contributed by atoms with Crippen molar-refractivity contribution in [2.75, 3.05) is 34.4 Å². The van der Waals surface area contributed by atoms with Crippen molar-refractivity contribution in [2.24, 2.45) is 17.3 Å². The number of halogens is 5. The van der Waals surface area contributed by atoms with Gasteiger partial charge >= 0.3 is 6.36 Å². The quantitative estimate of drug-likeness (QED) is 0.255. The van der Waals surface area contributed by atoms with E-state index in [2.05, 4.69) is 23.8 Å². The number of aryl methyl sites for hydroxylation is 2. The van der Waals surface area contributed by atoms with Crippen LogP contribution in [0.5, 0.6) is 5.75 Å². The van der Waals surface area contributed by atoms with Gasteiger partial charge in [0, 0.05) is 32.7 Å². The third-order valence-corrected chi connectivity index (χ3v) is 9.49. The van der Waals surface area contributed by atoms with Gasteiger partial charge in [0.25, 0.3) is 11.8 Å². The molecule has 2 aromatic carbocycles. The summed E-state index contributed by atoms with van der Waals surface area (Å²) in [5.41, 5.74) is 1.50. The summed E-state index contributed by atoms with van der Waals surface area (Å²) in [6.07, 6.45) is 3.18. The molecule has 1 aliphatic heterocycles. The molecule has 1 aliphatic carbocycles. The predicted octanol–water partition coefficient (Wildman–Crippen LogP) is 8.50. The average molecular weight is 687 g/mol. The van der Waals surface area contributed by atoms with Crippen LogP contribution in [0.1, 0.15) is 100 Å². The first kappa shape index (κ1) is 42.8. The molecule has 2 aliphatic rings. The molecular weight excluding hydrogens is 631 g/mol. The molecule has 0 radical (unpaired) electrons. The number of carbonyl (C=O) groups excluding carboxylic acids is 2. The van der Waals surface area contributed by atoms with Gasteiger partial charge in [-0.3, -0.25) is 18.7 Å². The predicted molar refractivity (Wildman–Crippen MR) is 180 cm³/mol. The second-order valence-corrected chi connectivity index (χ2v) is 13.0. The zero-order chi connectivity index (χ0) is 35.6. The van der Waals surface area contributed by atoms with Crippen LogP contribution in [0.15, 0.2) is 42.5 Å². The number of amides is 2. The summed E-state index contributed by atoms with van der Waals surface area (Å²) in [5, 5.41) is 11.6. The fraction of sp³-hybridized carbons (Fsp3) is 0.622. The number of hydrogen-bond acceptors (Lipinski definition) is 4. The Balaban J connectivity index is 0.00000222. The van der Waals surface area contributed by atoms with Crippen LogP contribution >= 0.6 is 0 Å². The molecule has 1 N–H and O–H groups in total. The molecule has 272 valence electrons. The number of benzene rings is 2. The minimum atomic E-state index is -4.86. The molecule has 1 saturated heterocycles. The third-order valence-electron chi connectivity index (χ3n) is 9.49. The molecule has 0 unspecified atom stereocenters. The van der Waals surface area contributed by atoms with Gasteiger partial charge in [0.2, 0.25) is 0 Å². The lowest BCUT2D eigenvalue weighted by molar-refractivity contribution is -0.274. The molecule has 48 heavy (non-hydrogen) atoms. The Hall–Kier alpha value is -3.21. The molecule has 0 bridgehead atoms. The number of carbonyl (C=O) groups is 2. The molecule has 1 spiro atoms. The zero-order valence-electron chi connectivity index (χ0n) is 29.8. The minimum Gasteiger partial charge on any atom is -0.406 e. The highest BCUT2D eigenvalue weighted by molar-refractivity contribution is 5.95. The summed E-state index contributed by atoms with van der Waals surface area (Å²) >= 11 is 0. The fourth-order valence-electron chi connectivity index (χ4n) is 6.98. The Morgan fingerprint density at radius 1 is 1.04 bits per heavy atom. The van der Waals surface area contributed by atoms with E-state index in [-0.39, 0.29) is 21.6 Å². The largest absolute Gasteiger partial charge is 0.573 e. The van der Waals surface area contributed by atoms with E-state index in [1.54, 1.807) is 37.7 Å². The first-order valence-electron chi connectivity index (χ1n) is 16.8. The lowest BCUT2D eigenvalue weighted by atomic mass is 9.56. The highest BCUT2D eigenvalue weighted by Crippen LogP contribution is 2.54. The van der Waals surface area contributed by atoms with Gasteiger partial charge in [-0.25, -0.2) is 0 Å². The molecule has 6 nitrogen and oxygen atoms in total. The topological polar surface area (TPSA) is 70.1 Å². The van der Waals surface area contributed by atoms with Crippen molar-refractivity contribution >= 4 is 11.8 Å². The number of rotatable bonds is 10. The van der Waals surface area contributed by atoms with Crippen molar-refractivity contribution in [2.45, 2.75) is 97.9 Å². The summed E-state index contributed by atoms with van der Waals surface area (Å²) in [7, 11) is 4.04. The number of nitrogens with zero attached hydrogens (tertiary/aromatic N) is 2. The van der Waals surface area contributed by atoms with Gasteiger partial charge in [0.15, 0.2) is 5.60 Å². The maximum absolute atomic E-state index is 13.6. The van der Waals surface area contributed by atoms with Crippen LogP contribution in [-0.2, 0) is 23.2 Å². The van der Waals surface area contributed by atoms with Crippen molar-refractivity contribution in [3.05, 3.63) is 64.7 Å². The van der Waals surface area contributed by atoms with E-state index in [9.17, 15) is 32.3 Å². The minimum absolute atomic E-state index is 0. The Morgan fingerprint density at radius 2 is 1.65 bits per heavy atom. The third kappa shape index (κ3) is 10.4. The van der Waals surface area contributed by atoms with Crippen molar-refractivity contribution < 1.29 is 41.7 Å². The van der Waals surface area contributed by atoms with Crippen molar-refractivity contribution in [1.82, 2.24) is 9.80 Å². The Morgan fingerprint density at radius 3 is 2.17 bits per heavy atom. The van der Waals surface area contributed by atoms with E-state index < -0.39 is 29.5 Å². The fourth-order valence-corrected chi connectivity index (χ4v) is 6.98. The molecular formula is C37H55F5N2O4. The standard InChI is InChI=1S/C34H45F3N2O4.C2H6.CH3F.FH/c1-6-26-19-24(13-14-29(26)30(40)38(4)5)9-7-10-25-21-32(22-25)15-17-39(18-16-32)31(41)33(42,23(2)3)27-11-8-12-28(20-27)43-34(35,36)37;2*1-2;/h8,11-14,19-20,23,25,42H,6-7,9-10,15-18,21-22H2,1-5H3;1-2H3;1H3;1H/t33-;;;/m0.../s1. The lowest BCUT2D eigenvalue weighted by Crippen LogP contribution is -2.55. The summed E-state index contributed by atoms with van der Waals surface area (Å²) in [4.78, 5) is 29.4. The average Bonchev–Trinajstić information content (AvgIpc) is 3.04. The number of alkyl halides is 4. The molecule has 1 heterocycles. The number of ether oxygens (including phenoxy) is 1. The van der Waals surface area contributed by atoms with Crippen LogP contribution in [-0.4, -0.2) is 67.4 Å². The number of hydrogen-bond donors (Lipinski definition) is 1. The van der Waals surface area contributed by atoms with Crippen molar-refractivity contribution in [3.63, 3.8) is 0 Å². The molecule has 4 rings (SSSR count). The van der Waals surface area contributed by atoms with Crippen LogP contribution in [0.2, 0.25) is 0 Å². The van der Waals surface area contributed by atoms with E-state index in [1.165, 1.54) is 17.7 Å². The van der Waals surface area contributed by atoms with Gasteiger partial charge < -0.3 is 19.6 Å². The maximum Gasteiger partial charge on any atom is 0.573 e. The van der Waals surface area contributed by atoms with Gasteiger partial charge in [-0.2, -0.15) is 0 Å². The summed E-state index contributed by atoms with van der Waals surface area (Å²) in [6.45, 7) is 10.5. The van der Waals surface area contributed by atoms with E-state index in [0.717, 1.165) is 74.6 Å². The van der Waals surface area contributed by atoms with Gasteiger partial charge in [0.1, 0.15) is 5.75 Å². The van der Waals surface area contributed by atoms with Gasteiger partial charge in [-0.15, -0.1) is 13.2 Å². The smallest absolute Gasteiger partial charge is 0.406 e. The van der Waals surface area contributed by atoms with Crippen molar-refractivity contribution in [3.8, 4) is 5.75 Å². The Bertz CT molecular complexity index is 1300. The van der Waals surface area contributed by atoms with Crippen LogP contribution in [0.3, 0.4) is 0 Å². The second-order valence-electron chi connectivity index (χ2n) is 13.0. The summed E-state index contributed by atoms with van der Waals surface area (Å²) < 4.78 is 51.9. The molecule has 2 fully saturated rings. The van der Waals surface area contributed by atoms with Gasteiger partial charge in [-0.1, -0.05) is 65.3 Å². The first-order valence-corrected chi connectivity index (χ1v) is 16.8. The monoisotopic (exact) mass is 686 g/mol. The van der Waals surface area contributed by atoms with Crippen LogP contribution in [0, 0.1) is 17.3 Å². The van der Waals surface area contributed by atoms with Crippen LogP contribution in [0.4, 0.5) is 22.3 Å². The van der Waals surface area contributed by atoms with E-state index in [1.807, 2.05) is 19.9 Å². The number of piperidine rings is 1. The summed E-state index contributed by atoms with van der Waals surface area (Å²) in [6, 6.07) is 11.3. The van der Waals surface area contributed by atoms with Crippen molar-refractivity contribution in [1.29, 1.82) is 0 Å². The number of likely N-dealkylation sites (tertiary alicyclic amines) is 1. The molecule has 11 heteroatoms. The molecule has 0 aromatic heterocycles. The SMILES string of the molecule is CC.CCc1cc(CCCC2CC3(CCN(C(=O)[C@@](O)(c4cccc(OC(F)(F)F)c4)C(C)C)CC3)C2)ccc1C(=O)N(C)C.CF.F. The van der Waals surface area contributed by atoms with Gasteiger partial charge in [-0.05, 0) is 97.1 Å². The second kappa shape index (κ2) is 18.5. The van der Waals surface area contributed by atoms with E-state index in [4.69, 9.17) is 0 Å². The lowest BCUT2D eigenvalue weighted by Gasteiger charge is -2.53. The molecule has 1 saturated carbocycles. The number of aliphatic hydroxyl groups is 1. The van der Waals surface area contributed by atoms with E-state index in [0.29, 0.717) is 26.2 Å². The Labute approximate surface area is 283 Å². The zero-order valence-corrected chi connectivity index (χ0v) is 29.8. The molecule has 2 aromatic rings. The Kier molecular flexibility index (Phi) is 16.5. The molecule has 1 atom stereocenters. The highest BCUT2D eigenvalue weighted by atomic mass is 19.4. The van der Waals surface area contributed by atoms with Crippen LogP contribution < -0.4 is 4.74 Å². The normalized spacial score (nSPS) is 16.7. The maximum atomic E-state index is 13.6. The van der Waals surface area contributed by atoms with Crippen LogP contribution in [0.25, 0.3) is 0 Å². The summed E-state index contributed by atoms with van der Waals surface area (Å²) in [5.74, 6) is -0.788.